The number of benzene rings is 3. The molecule has 0 aliphatic rings. The van der Waals surface area contributed by atoms with Crippen LogP contribution in [0.25, 0.3) is 32.9 Å². The van der Waals surface area contributed by atoms with Gasteiger partial charge < -0.3 is 4.74 Å². The number of halogens is 3. The maximum Gasteiger partial charge on any atom is 0.416 e. The number of aromatic nitrogens is 1. The van der Waals surface area contributed by atoms with E-state index in [1.54, 1.807) is 36.7 Å². The highest BCUT2D eigenvalue weighted by Crippen LogP contribution is 2.33. The van der Waals surface area contributed by atoms with E-state index in [9.17, 15) is 13.2 Å². The number of thiazole rings is 1. The van der Waals surface area contributed by atoms with Crippen molar-refractivity contribution in [2.75, 3.05) is 7.11 Å². The van der Waals surface area contributed by atoms with Crippen LogP contribution in [0.1, 0.15) is 16.7 Å². The molecule has 0 fully saturated rings. The monoisotopic (exact) mass is 411 g/mol. The van der Waals surface area contributed by atoms with Gasteiger partial charge in [0.2, 0.25) is 0 Å². The fourth-order valence-electron chi connectivity index (χ4n) is 2.90. The van der Waals surface area contributed by atoms with Gasteiger partial charge in [-0.3, -0.25) is 0 Å². The van der Waals surface area contributed by atoms with Crippen LogP contribution in [0.3, 0.4) is 0 Å². The maximum absolute atomic E-state index is 12.8. The van der Waals surface area contributed by atoms with Crippen molar-refractivity contribution < 1.29 is 17.9 Å². The second-order valence-electron chi connectivity index (χ2n) is 6.43. The molecule has 146 valence electrons. The van der Waals surface area contributed by atoms with E-state index in [4.69, 9.17) is 4.74 Å². The van der Waals surface area contributed by atoms with E-state index in [0.717, 1.165) is 44.2 Å². The SMILES string of the molecule is COc1ccc2nc(-c3ccc(/C=C/c4cccc(C(F)(F)F)c4)cc3)sc2c1. The summed E-state index contributed by atoms with van der Waals surface area (Å²) < 4.78 is 44.8. The molecule has 29 heavy (non-hydrogen) atoms. The molecule has 6 heteroatoms. The van der Waals surface area contributed by atoms with Crippen LogP contribution in [0.2, 0.25) is 0 Å². The Hall–Kier alpha value is -3.12. The van der Waals surface area contributed by atoms with Crippen molar-refractivity contribution in [2.45, 2.75) is 6.18 Å². The first-order valence-electron chi connectivity index (χ1n) is 8.83. The fraction of sp³-hybridized carbons (Fsp3) is 0.0870. The van der Waals surface area contributed by atoms with Crippen molar-refractivity contribution in [3.63, 3.8) is 0 Å². The number of methoxy groups -OCH3 is 1. The van der Waals surface area contributed by atoms with Crippen LogP contribution in [0, 0.1) is 0 Å². The van der Waals surface area contributed by atoms with Crippen LogP contribution < -0.4 is 4.74 Å². The smallest absolute Gasteiger partial charge is 0.416 e. The molecule has 4 rings (SSSR count). The summed E-state index contributed by atoms with van der Waals surface area (Å²) in [6.07, 6.45) is -0.872. The number of alkyl halides is 3. The van der Waals surface area contributed by atoms with Gasteiger partial charge in [-0.05, 0) is 41.5 Å². The van der Waals surface area contributed by atoms with Gasteiger partial charge in [-0.2, -0.15) is 13.2 Å². The molecule has 4 aromatic rings. The molecule has 0 bridgehead atoms. The number of hydrogen-bond donors (Lipinski definition) is 0. The third-order valence-electron chi connectivity index (χ3n) is 4.44. The maximum atomic E-state index is 12.8. The molecule has 2 nitrogen and oxygen atoms in total. The molecule has 0 amide bonds. The topological polar surface area (TPSA) is 22.1 Å². The van der Waals surface area contributed by atoms with Gasteiger partial charge in [0, 0.05) is 5.56 Å². The molecular formula is C23H16F3NOS. The van der Waals surface area contributed by atoms with Gasteiger partial charge in [0.05, 0.1) is 22.9 Å². The Kier molecular flexibility index (Phi) is 5.11. The van der Waals surface area contributed by atoms with Crippen LogP contribution in [-0.4, -0.2) is 12.1 Å². The van der Waals surface area contributed by atoms with E-state index in [1.807, 2.05) is 42.5 Å². The summed E-state index contributed by atoms with van der Waals surface area (Å²) >= 11 is 1.58. The molecule has 0 N–H and O–H groups in total. The average Bonchev–Trinajstić information content (AvgIpc) is 3.15. The first-order valence-corrected chi connectivity index (χ1v) is 9.64. The highest BCUT2D eigenvalue weighted by Gasteiger charge is 2.30. The van der Waals surface area contributed by atoms with Crippen LogP contribution in [0.15, 0.2) is 66.7 Å². The first kappa shape index (κ1) is 19.2. The van der Waals surface area contributed by atoms with Crippen molar-refractivity contribution in [1.29, 1.82) is 0 Å². The zero-order chi connectivity index (χ0) is 20.4. The molecule has 0 aliphatic heterocycles. The molecule has 0 spiro atoms. The fourth-order valence-corrected chi connectivity index (χ4v) is 3.90. The molecule has 0 saturated heterocycles. The van der Waals surface area contributed by atoms with Gasteiger partial charge in [0.25, 0.3) is 0 Å². The van der Waals surface area contributed by atoms with Gasteiger partial charge in [-0.1, -0.05) is 48.6 Å². The van der Waals surface area contributed by atoms with Gasteiger partial charge in [0.1, 0.15) is 10.8 Å². The van der Waals surface area contributed by atoms with E-state index in [-0.39, 0.29) is 0 Å². The Labute approximate surface area is 169 Å². The molecule has 0 atom stereocenters. The third-order valence-corrected chi connectivity index (χ3v) is 5.50. The molecule has 0 unspecified atom stereocenters. The van der Waals surface area contributed by atoms with Gasteiger partial charge >= 0.3 is 6.18 Å². The first-order chi connectivity index (χ1) is 13.9. The Balaban J connectivity index is 1.54. The lowest BCUT2D eigenvalue weighted by atomic mass is 10.1. The summed E-state index contributed by atoms with van der Waals surface area (Å²) in [6.45, 7) is 0. The summed E-state index contributed by atoms with van der Waals surface area (Å²) in [5.41, 5.74) is 2.65. The van der Waals surface area contributed by atoms with Crippen LogP contribution >= 0.6 is 11.3 Å². The summed E-state index contributed by atoms with van der Waals surface area (Å²) in [7, 11) is 1.63. The summed E-state index contributed by atoms with van der Waals surface area (Å²) in [5.74, 6) is 0.794. The minimum atomic E-state index is -4.34. The zero-order valence-electron chi connectivity index (χ0n) is 15.4. The highest BCUT2D eigenvalue weighted by molar-refractivity contribution is 7.21. The number of ether oxygens (including phenoxy) is 1. The minimum Gasteiger partial charge on any atom is -0.497 e. The van der Waals surface area contributed by atoms with E-state index in [2.05, 4.69) is 4.98 Å². The molecule has 1 heterocycles. The largest absolute Gasteiger partial charge is 0.497 e. The predicted molar refractivity (Wildman–Crippen MR) is 112 cm³/mol. The number of rotatable bonds is 4. The molecule has 0 saturated carbocycles. The van der Waals surface area contributed by atoms with Crippen LogP contribution in [0.4, 0.5) is 13.2 Å². The molecule has 0 radical (unpaired) electrons. The lowest BCUT2D eigenvalue weighted by Gasteiger charge is -2.06. The molecule has 1 aromatic heterocycles. The van der Waals surface area contributed by atoms with Gasteiger partial charge in [0.15, 0.2) is 0 Å². The standard InChI is InChI=1S/C23H16F3NOS/c1-28-19-11-12-20-21(14-19)29-22(27-20)17-9-7-15(8-10-17)5-6-16-3-2-4-18(13-16)23(24,25)26/h2-14H,1H3/b6-5+. The lowest BCUT2D eigenvalue weighted by molar-refractivity contribution is -0.137. The van der Waals surface area contributed by atoms with Crippen LogP contribution in [0.5, 0.6) is 5.75 Å². The summed E-state index contributed by atoms with van der Waals surface area (Å²) in [4.78, 5) is 4.65. The van der Waals surface area contributed by atoms with Crippen molar-refractivity contribution >= 4 is 33.7 Å². The zero-order valence-corrected chi connectivity index (χ0v) is 16.2. The van der Waals surface area contributed by atoms with Gasteiger partial charge in [-0.15, -0.1) is 11.3 Å². The lowest BCUT2D eigenvalue weighted by Crippen LogP contribution is -2.04. The highest BCUT2D eigenvalue weighted by atomic mass is 32.1. The van der Waals surface area contributed by atoms with Crippen LogP contribution in [-0.2, 0) is 6.18 Å². The van der Waals surface area contributed by atoms with E-state index in [0.29, 0.717) is 5.56 Å². The van der Waals surface area contributed by atoms with Crippen molar-refractivity contribution in [3.05, 3.63) is 83.4 Å². The van der Waals surface area contributed by atoms with E-state index < -0.39 is 11.7 Å². The van der Waals surface area contributed by atoms with E-state index >= 15 is 0 Å². The number of hydrogen-bond acceptors (Lipinski definition) is 3. The van der Waals surface area contributed by atoms with Gasteiger partial charge in [-0.25, -0.2) is 4.98 Å². The average molecular weight is 411 g/mol. The van der Waals surface area contributed by atoms with Crippen molar-refractivity contribution in [2.24, 2.45) is 0 Å². The normalized spacial score (nSPS) is 12.0. The minimum absolute atomic E-state index is 0.504. The van der Waals surface area contributed by atoms with E-state index in [1.165, 1.54) is 6.07 Å². The Morgan fingerprint density at radius 2 is 1.66 bits per heavy atom. The number of fused-ring (bicyclic) bond motifs is 1. The Morgan fingerprint density at radius 3 is 2.38 bits per heavy atom. The van der Waals surface area contributed by atoms with Crippen molar-refractivity contribution in [3.8, 4) is 16.3 Å². The molecule has 0 aliphatic carbocycles. The third kappa shape index (κ3) is 4.32. The Bertz CT molecular complexity index is 1180. The second-order valence-corrected chi connectivity index (χ2v) is 7.46. The molecular weight excluding hydrogens is 395 g/mol. The number of nitrogens with zero attached hydrogens (tertiary/aromatic N) is 1. The summed E-state index contributed by atoms with van der Waals surface area (Å²) in [6, 6.07) is 18.8. The quantitative estimate of drug-likeness (QED) is 0.332. The second kappa shape index (κ2) is 7.72. The Morgan fingerprint density at radius 1 is 0.897 bits per heavy atom. The summed E-state index contributed by atoms with van der Waals surface area (Å²) in [5, 5.41) is 0.904. The predicted octanol–water partition coefficient (Wildman–Crippen LogP) is 7.16. The molecule has 3 aromatic carbocycles. The van der Waals surface area contributed by atoms with Crippen molar-refractivity contribution in [1.82, 2.24) is 4.98 Å².